The van der Waals surface area contributed by atoms with Crippen LogP contribution in [0.5, 0.6) is 0 Å². The Balaban J connectivity index is 1.65. The summed E-state index contributed by atoms with van der Waals surface area (Å²) in [6.45, 7) is 2.18. The summed E-state index contributed by atoms with van der Waals surface area (Å²) in [6, 6.07) is 14.5. The first-order chi connectivity index (χ1) is 12.0. The molecule has 0 aliphatic rings. The van der Waals surface area contributed by atoms with Crippen LogP contribution in [0.15, 0.2) is 53.1 Å². The number of aromatic nitrogens is 2. The fourth-order valence-corrected chi connectivity index (χ4v) is 2.42. The molecule has 6 nitrogen and oxygen atoms in total. The third-order valence-electron chi connectivity index (χ3n) is 3.60. The van der Waals surface area contributed by atoms with Gasteiger partial charge < -0.3 is 14.7 Å². The maximum Gasteiger partial charge on any atom is 0.322 e. The quantitative estimate of drug-likeness (QED) is 0.753. The van der Waals surface area contributed by atoms with Crippen molar-refractivity contribution < 1.29 is 9.32 Å². The van der Waals surface area contributed by atoms with E-state index < -0.39 is 0 Å². The topological polar surface area (TPSA) is 71.3 Å². The van der Waals surface area contributed by atoms with Crippen LogP contribution in [-0.4, -0.2) is 28.1 Å². The highest BCUT2D eigenvalue weighted by Gasteiger charge is 2.16. The Hall–Kier alpha value is -2.86. The lowest BCUT2D eigenvalue weighted by Gasteiger charge is -2.15. The number of halogens is 1. The molecule has 0 unspecified atom stereocenters. The van der Waals surface area contributed by atoms with Gasteiger partial charge in [-0.25, -0.2) is 4.79 Å². The van der Waals surface area contributed by atoms with Crippen LogP contribution in [0.25, 0.3) is 11.4 Å². The van der Waals surface area contributed by atoms with Crippen molar-refractivity contribution in [1.82, 2.24) is 15.0 Å². The second kappa shape index (κ2) is 7.36. The molecular weight excluding hydrogens is 340 g/mol. The predicted octanol–water partition coefficient (Wildman–Crippen LogP) is 4.36. The molecular formula is C18H17ClN4O2. The summed E-state index contributed by atoms with van der Waals surface area (Å²) < 4.78 is 5.22. The lowest BCUT2D eigenvalue weighted by atomic mass is 10.2. The number of rotatable bonds is 4. The maximum absolute atomic E-state index is 12.2. The fourth-order valence-electron chi connectivity index (χ4n) is 2.20. The molecule has 0 saturated carbocycles. The van der Waals surface area contributed by atoms with Crippen LogP contribution in [-0.2, 0) is 6.54 Å². The highest BCUT2D eigenvalue weighted by molar-refractivity contribution is 6.33. The molecule has 0 bridgehead atoms. The number of hydrogen-bond donors (Lipinski definition) is 1. The molecule has 3 rings (SSSR count). The van der Waals surface area contributed by atoms with Gasteiger partial charge in [-0.15, -0.1) is 0 Å². The predicted molar refractivity (Wildman–Crippen MR) is 96.4 cm³/mol. The average Bonchev–Trinajstić information content (AvgIpc) is 3.05. The summed E-state index contributed by atoms with van der Waals surface area (Å²) in [6.07, 6.45) is 0. The van der Waals surface area contributed by atoms with E-state index in [4.69, 9.17) is 16.1 Å². The maximum atomic E-state index is 12.2. The van der Waals surface area contributed by atoms with Crippen molar-refractivity contribution in [1.29, 1.82) is 0 Å². The molecule has 0 atom stereocenters. The lowest BCUT2D eigenvalue weighted by molar-refractivity contribution is 0.213. The normalized spacial score (nSPS) is 10.5. The minimum Gasteiger partial charge on any atom is -0.337 e. The molecule has 1 N–H and O–H groups in total. The molecule has 0 spiro atoms. The van der Waals surface area contributed by atoms with Gasteiger partial charge in [0.25, 0.3) is 0 Å². The minimum absolute atomic E-state index is 0.190. The summed E-state index contributed by atoms with van der Waals surface area (Å²) in [5, 5.41) is 7.28. The second-order valence-corrected chi connectivity index (χ2v) is 6.05. The smallest absolute Gasteiger partial charge is 0.322 e. The zero-order chi connectivity index (χ0) is 17.8. The molecule has 0 radical (unpaired) electrons. The van der Waals surface area contributed by atoms with Crippen molar-refractivity contribution in [2.75, 3.05) is 12.4 Å². The van der Waals surface area contributed by atoms with Crippen molar-refractivity contribution in [3.63, 3.8) is 0 Å². The Labute approximate surface area is 150 Å². The zero-order valence-corrected chi connectivity index (χ0v) is 14.6. The Morgan fingerprint density at radius 2 is 1.92 bits per heavy atom. The fraction of sp³-hybridized carbons (Fsp3) is 0.167. The van der Waals surface area contributed by atoms with Crippen LogP contribution in [0.3, 0.4) is 0 Å². The molecule has 1 aromatic heterocycles. The number of aryl methyl sites for hydroxylation is 1. The summed E-state index contributed by atoms with van der Waals surface area (Å²) in [4.78, 5) is 18.0. The summed E-state index contributed by atoms with van der Waals surface area (Å²) in [5.41, 5.74) is 2.54. The molecule has 2 aromatic carbocycles. The van der Waals surface area contributed by atoms with Crippen molar-refractivity contribution in [2.24, 2.45) is 0 Å². The number of carbonyl (C=O) groups excluding carboxylic acids is 1. The first-order valence-electron chi connectivity index (χ1n) is 7.69. The van der Waals surface area contributed by atoms with Crippen molar-refractivity contribution in [2.45, 2.75) is 13.5 Å². The van der Waals surface area contributed by atoms with Crippen molar-refractivity contribution in [3.05, 3.63) is 65.0 Å². The zero-order valence-electron chi connectivity index (χ0n) is 13.9. The highest BCUT2D eigenvalue weighted by atomic mass is 35.5. The molecule has 0 aliphatic heterocycles. The van der Waals surface area contributed by atoms with Crippen LogP contribution < -0.4 is 5.32 Å². The monoisotopic (exact) mass is 356 g/mol. The first-order valence-corrected chi connectivity index (χ1v) is 8.07. The van der Waals surface area contributed by atoms with E-state index in [9.17, 15) is 4.79 Å². The van der Waals surface area contributed by atoms with E-state index in [-0.39, 0.29) is 12.6 Å². The Morgan fingerprint density at radius 1 is 1.20 bits per heavy atom. The largest absolute Gasteiger partial charge is 0.337 e. The molecule has 0 aliphatic carbocycles. The van der Waals surface area contributed by atoms with Gasteiger partial charge in [0, 0.05) is 18.3 Å². The number of hydrogen-bond acceptors (Lipinski definition) is 4. The average molecular weight is 357 g/mol. The van der Waals surface area contributed by atoms with Gasteiger partial charge in [-0.2, -0.15) is 4.98 Å². The van der Waals surface area contributed by atoms with Crippen LogP contribution >= 0.6 is 11.6 Å². The van der Waals surface area contributed by atoms with E-state index in [0.717, 1.165) is 11.3 Å². The van der Waals surface area contributed by atoms with Gasteiger partial charge in [0.1, 0.15) is 6.54 Å². The summed E-state index contributed by atoms with van der Waals surface area (Å²) in [5.74, 6) is 0.726. The molecule has 0 fully saturated rings. The molecule has 3 aromatic rings. The van der Waals surface area contributed by atoms with Crippen molar-refractivity contribution in [3.8, 4) is 11.4 Å². The SMILES string of the molecule is Cc1ccc(NC(=O)N(C)Cc2nc(-c3ccccc3Cl)no2)cc1. The standard InChI is InChI=1S/C18H17ClN4O2/c1-12-7-9-13(10-8-12)20-18(24)23(2)11-16-21-17(22-25-16)14-5-3-4-6-15(14)19/h3-10H,11H2,1-2H3,(H,20,24). The number of anilines is 1. The Morgan fingerprint density at radius 3 is 2.64 bits per heavy atom. The van der Waals surface area contributed by atoms with Crippen LogP contribution in [0.4, 0.5) is 10.5 Å². The van der Waals surface area contributed by atoms with Crippen LogP contribution in [0.1, 0.15) is 11.5 Å². The minimum atomic E-state index is -0.263. The third-order valence-corrected chi connectivity index (χ3v) is 3.93. The first kappa shape index (κ1) is 17.0. The Kier molecular flexibility index (Phi) is 5.00. The van der Waals surface area contributed by atoms with Gasteiger partial charge in [0.15, 0.2) is 0 Å². The second-order valence-electron chi connectivity index (χ2n) is 5.64. The van der Waals surface area contributed by atoms with Gasteiger partial charge in [-0.05, 0) is 31.2 Å². The molecule has 1 heterocycles. The number of nitrogens with zero attached hydrogens (tertiary/aromatic N) is 3. The number of amides is 2. The summed E-state index contributed by atoms with van der Waals surface area (Å²) >= 11 is 6.13. The third kappa shape index (κ3) is 4.16. The molecule has 128 valence electrons. The van der Waals surface area contributed by atoms with Crippen LogP contribution in [0.2, 0.25) is 5.02 Å². The number of carbonyl (C=O) groups is 1. The van der Waals surface area contributed by atoms with Crippen LogP contribution in [0, 0.1) is 6.92 Å². The lowest BCUT2D eigenvalue weighted by Crippen LogP contribution is -2.30. The van der Waals surface area contributed by atoms with Gasteiger partial charge in [-0.3, -0.25) is 0 Å². The summed E-state index contributed by atoms with van der Waals surface area (Å²) in [7, 11) is 1.66. The molecule has 2 amide bonds. The molecule has 25 heavy (non-hydrogen) atoms. The number of urea groups is 1. The van der Waals surface area contributed by atoms with E-state index in [0.29, 0.717) is 22.3 Å². The van der Waals surface area contributed by atoms with E-state index in [2.05, 4.69) is 15.5 Å². The van der Waals surface area contributed by atoms with Gasteiger partial charge in [-0.1, -0.05) is 46.6 Å². The highest BCUT2D eigenvalue weighted by Crippen LogP contribution is 2.25. The van der Waals surface area contributed by atoms with Gasteiger partial charge >= 0.3 is 6.03 Å². The van der Waals surface area contributed by atoms with Crippen molar-refractivity contribution >= 4 is 23.3 Å². The van der Waals surface area contributed by atoms with E-state index in [1.165, 1.54) is 4.90 Å². The van der Waals surface area contributed by atoms with E-state index in [1.807, 2.05) is 49.4 Å². The molecule has 7 heteroatoms. The number of benzene rings is 2. The van der Waals surface area contributed by atoms with Gasteiger partial charge in [0.05, 0.1) is 5.02 Å². The molecule has 0 saturated heterocycles. The van der Waals surface area contributed by atoms with Gasteiger partial charge in [0.2, 0.25) is 11.7 Å². The number of nitrogens with one attached hydrogen (secondary N) is 1. The Bertz CT molecular complexity index is 877. The van der Waals surface area contributed by atoms with E-state index in [1.54, 1.807) is 13.1 Å². The van der Waals surface area contributed by atoms with E-state index >= 15 is 0 Å².